The lowest BCUT2D eigenvalue weighted by atomic mass is 10.1. The number of nitrogens with one attached hydrogen (secondary N) is 1. The van der Waals surface area contributed by atoms with Crippen LogP contribution < -0.4 is 5.32 Å². The lowest BCUT2D eigenvalue weighted by Gasteiger charge is -2.22. The Balaban J connectivity index is 3.18. The molecule has 110 valence electrons. The summed E-state index contributed by atoms with van der Waals surface area (Å²) < 4.78 is 21.4. The van der Waals surface area contributed by atoms with Gasteiger partial charge < -0.3 is 15.5 Å². The predicted octanol–water partition coefficient (Wildman–Crippen LogP) is 0.852. The van der Waals surface area contributed by atoms with E-state index in [4.69, 9.17) is 5.11 Å². The molecular weight excluding hydrogens is 286 g/mol. The van der Waals surface area contributed by atoms with Gasteiger partial charge in [-0.05, 0) is 32.0 Å². The Morgan fingerprint density at radius 1 is 1.25 bits per heavy atom. The first-order chi connectivity index (χ1) is 8.96. The van der Waals surface area contributed by atoms with Crippen molar-refractivity contribution in [2.45, 2.75) is 18.6 Å². The fourth-order valence-corrected chi connectivity index (χ4v) is 1.65. The number of carboxylic acid groups (broad SMARTS) is 1. The molecule has 0 unspecified atom stereocenters. The van der Waals surface area contributed by atoms with Gasteiger partial charge in [0.15, 0.2) is 9.84 Å². The van der Waals surface area contributed by atoms with Gasteiger partial charge in [0.1, 0.15) is 10.5 Å². The number of benzene rings is 1. The number of carbonyl (C=O) groups is 2. The van der Waals surface area contributed by atoms with Gasteiger partial charge in [0, 0.05) is 6.26 Å². The van der Waals surface area contributed by atoms with Gasteiger partial charge in [-0.25, -0.2) is 13.2 Å². The number of rotatable bonds is 4. The molecule has 0 aliphatic rings. The van der Waals surface area contributed by atoms with E-state index in [9.17, 15) is 23.1 Å². The number of sulfone groups is 1. The minimum atomic E-state index is -3.67. The minimum absolute atomic E-state index is 0.0861. The molecule has 1 amide bonds. The van der Waals surface area contributed by atoms with Gasteiger partial charge in [-0.3, -0.25) is 4.79 Å². The van der Waals surface area contributed by atoms with Crippen LogP contribution in [0.3, 0.4) is 0 Å². The highest BCUT2D eigenvalue weighted by Gasteiger charge is 2.38. The van der Waals surface area contributed by atoms with Gasteiger partial charge in [0.05, 0.1) is 11.3 Å². The molecule has 20 heavy (non-hydrogen) atoms. The summed E-state index contributed by atoms with van der Waals surface area (Å²) in [6.45, 7) is 2.44. The van der Waals surface area contributed by atoms with E-state index in [2.05, 4.69) is 5.32 Å². The Hall–Kier alpha value is -2.09. The molecule has 3 N–H and O–H groups in total. The van der Waals surface area contributed by atoms with Crippen LogP contribution in [0.1, 0.15) is 24.2 Å². The third kappa shape index (κ3) is 3.08. The molecule has 0 aromatic heterocycles. The molecule has 8 heteroatoms. The van der Waals surface area contributed by atoms with Crippen LogP contribution in [0.15, 0.2) is 18.2 Å². The second kappa shape index (κ2) is 5.12. The van der Waals surface area contributed by atoms with Crippen molar-refractivity contribution in [1.29, 1.82) is 0 Å². The average Bonchev–Trinajstić information content (AvgIpc) is 2.29. The fourth-order valence-electron chi connectivity index (χ4n) is 1.26. The quantitative estimate of drug-likeness (QED) is 0.709. The van der Waals surface area contributed by atoms with Crippen LogP contribution in [0.5, 0.6) is 5.75 Å². The zero-order chi connectivity index (χ0) is 15.7. The summed E-state index contributed by atoms with van der Waals surface area (Å²) in [5.74, 6) is -2.48. The summed E-state index contributed by atoms with van der Waals surface area (Å²) in [6, 6.07) is 3.34. The number of hydrogen-bond donors (Lipinski definition) is 3. The maximum Gasteiger partial charge on any atom is 0.337 e. The molecule has 1 aromatic carbocycles. The van der Waals surface area contributed by atoms with Gasteiger partial charge in [0.2, 0.25) is 5.91 Å². The van der Waals surface area contributed by atoms with Gasteiger partial charge >= 0.3 is 5.97 Å². The molecule has 0 atom stereocenters. The Morgan fingerprint density at radius 2 is 1.80 bits per heavy atom. The van der Waals surface area contributed by atoms with Gasteiger partial charge in [-0.15, -0.1) is 0 Å². The SMILES string of the molecule is CC(C)(C(=O)Nc1ccc(O)cc1C(=O)O)S(C)(=O)=O. The number of aromatic carboxylic acids is 1. The largest absolute Gasteiger partial charge is 0.508 e. The first kappa shape index (κ1) is 16.0. The molecule has 0 saturated carbocycles. The van der Waals surface area contributed by atoms with Crippen molar-refractivity contribution in [2.24, 2.45) is 0 Å². The third-order valence-corrected chi connectivity index (χ3v) is 4.99. The van der Waals surface area contributed by atoms with E-state index < -0.39 is 26.5 Å². The van der Waals surface area contributed by atoms with E-state index in [0.717, 1.165) is 12.3 Å². The summed E-state index contributed by atoms with van der Waals surface area (Å²) in [7, 11) is -3.67. The van der Waals surface area contributed by atoms with E-state index in [1.807, 2.05) is 0 Å². The summed E-state index contributed by atoms with van der Waals surface area (Å²) in [6.07, 6.45) is 0.918. The first-order valence-electron chi connectivity index (χ1n) is 5.54. The van der Waals surface area contributed by atoms with Crippen LogP contribution in [-0.4, -0.2) is 41.5 Å². The van der Waals surface area contributed by atoms with Crippen LogP contribution >= 0.6 is 0 Å². The second-order valence-electron chi connectivity index (χ2n) is 4.77. The number of carbonyl (C=O) groups excluding carboxylic acids is 1. The molecule has 0 aliphatic carbocycles. The summed E-state index contributed by atoms with van der Waals surface area (Å²) in [5, 5.41) is 20.5. The standard InChI is InChI=1S/C12H15NO6S/c1-12(2,20(3,18)19)11(17)13-9-5-4-7(14)6-8(9)10(15)16/h4-6,14H,1-3H3,(H,13,17)(H,15,16). The Labute approximate surface area is 116 Å². The Bertz CT molecular complexity index is 663. The summed E-state index contributed by atoms with van der Waals surface area (Å²) >= 11 is 0. The molecule has 0 aliphatic heterocycles. The highest BCUT2D eigenvalue weighted by molar-refractivity contribution is 7.92. The second-order valence-corrected chi connectivity index (χ2v) is 7.34. The first-order valence-corrected chi connectivity index (χ1v) is 7.43. The van der Waals surface area contributed by atoms with Gasteiger partial charge in [-0.1, -0.05) is 0 Å². The zero-order valence-electron chi connectivity index (χ0n) is 11.2. The molecule has 0 spiro atoms. The fraction of sp³-hybridized carbons (Fsp3) is 0.333. The average molecular weight is 301 g/mol. The topological polar surface area (TPSA) is 121 Å². The molecule has 0 saturated heterocycles. The van der Waals surface area contributed by atoms with Gasteiger partial charge in [-0.2, -0.15) is 0 Å². The molecule has 0 heterocycles. The van der Waals surface area contributed by atoms with Crippen LogP contribution in [0, 0.1) is 0 Å². The van der Waals surface area contributed by atoms with Crippen molar-refractivity contribution in [3.8, 4) is 5.75 Å². The number of carboxylic acids is 1. The lowest BCUT2D eigenvalue weighted by molar-refractivity contribution is -0.117. The highest BCUT2D eigenvalue weighted by atomic mass is 32.2. The van der Waals surface area contributed by atoms with Crippen LogP contribution in [-0.2, 0) is 14.6 Å². The monoisotopic (exact) mass is 301 g/mol. The van der Waals surface area contributed by atoms with Crippen molar-refractivity contribution in [3.05, 3.63) is 23.8 Å². The minimum Gasteiger partial charge on any atom is -0.508 e. The number of aromatic hydroxyl groups is 1. The number of amides is 1. The smallest absolute Gasteiger partial charge is 0.337 e. The molecule has 0 fully saturated rings. The van der Waals surface area contributed by atoms with Crippen molar-refractivity contribution in [2.75, 3.05) is 11.6 Å². The van der Waals surface area contributed by atoms with Crippen molar-refractivity contribution in [3.63, 3.8) is 0 Å². The van der Waals surface area contributed by atoms with E-state index >= 15 is 0 Å². The molecule has 7 nitrogen and oxygen atoms in total. The summed E-state index contributed by atoms with van der Waals surface area (Å²) in [5.41, 5.74) is -0.417. The van der Waals surface area contributed by atoms with Crippen LogP contribution in [0.4, 0.5) is 5.69 Å². The van der Waals surface area contributed by atoms with E-state index in [0.29, 0.717) is 0 Å². The Morgan fingerprint density at radius 3 is 2.25 bits per heavy atom. The van der Waals surface area contributed by atoms with Crippen molar-refractivity contribution >= 4 is 27.4 Å². The Kier molecular flexibility index (Phi) is 4.09. The van der Waals surface area contributed by atoms with Crippen LogP contribution in [0.25, 0.3) is 0 Å². The number of hydrogen-bond acceptors (Lipinski definition) is 5. The molecule has 0 bridgehead atoms. The predicted molar refractivity (Wildman–Crippen MR) is 72.6 cm³/mol. The lowest BCUT2D eigenvalue weighted by Crippen LogP contribution is -2.44. The molecular formula is C12H15NO6S. The van der Waals surface area contributed by atoms with E-state index in [1.54, 1.807) is 0 Å². The maximum absolute atomic E-state index is 12.0. The van der Waals surface area contributed by atoms with Crippen LogP contribution in [0.2, 0.25) is 0 Å². The van der Waals surface area contributed by atoms with Crippen molar-refractivity contribution < 1.29 is 28.2 Å². The zero-order valence-corrected chi connectivity index (χ0v) is 12.0. The van der Waals surface area contributed by atoms with E-state index in [1.165, 1.54) is 26.0 Å². The summed E-state index contributed by atoms with van der Waals surface area (Å²) in [4.78, 5) is 23.0. The number of phenolic OH excluding ortho intramolecular Hbond substituents is 1. The number of anilines is 1. The molecule has 1 rings (SSSR count). The normalized spacial score (nSPS) is 11.9. The maximum atomic E-state index is 12.0. The molecule has 0 radical (unpaired) electrons. The third-order valence-electron chi connectivity index (χ3n) is 2.96. The number of phenols is 1. The van der Waals surface area contributed by atoms with Crippen molar-refractivity contribution in [1.82, 2.24) is 0 Å². The molecule has 1 aromatic rings. The van der Waals surface area contributed by atoms with Gasteiger partial charge in [0.25, 0.3) is 0 Å². The highest BCUT2D eigenvalue weighted by Crippen LogP contribution is 2.24. The van der Waals surface area contributed by atoms with E-state index in [-0.39, 0.29) is 17.0 Å².